The number of hydrogen-bond acceptors (Lipinski definition) is 6. The van der Waals surface area contributed by atoms with Crippen LogP contribution in [0.25, 0.3) is 10.9 Å². The minimum Gasteiger partial charge on any atom is -0.462 e. The largest absolute Gasteiger partial charge is 0.462 e. The number of carbonyl (C=O) groups is 2. The number of aryl methyl sites for hydroxylation is 2. The van der Waals surface area contributed by atoms with Crippen molar-refractivity contribution >= 4 is 50.9 Å². The number of thioether (sulfide) groups is 1. The van der Waals surface area contributed by atoms with Gasteiger partial charge in [0, 0.05) is 10.3 Å². The molecule has 1 amide bonds. The van der Waals surface area contributed by atoms with E-state index in [0.29, 0.717) is 17.2 Å². The van der Waals surface area contributed by atoms with Gasteiger partial charge in [0.05, 0.1) is 28.5 Å². The number of fused-ring (bicyclic) bond motifs is 2. The highest BCUT2D eigenvalue weighted by molar-refractivity contribution is 7.99. The lowest BCUT2D eigenvalue weighted by Crippen LogP contribution is -2.16. The molecule has 0 aliphatic heterocycles. The van der Waals surface area contributed by atoms with Crippen molar-refractivity contribution in [3.63, 3.8) is 0 Å². The molecule has 1 aliphatic rings. The molecule has 1 aromatic carbocycles. The number of aromatic nitrogens is 1. The van der Waals surface area contributed by atoms with Crippen LogP contribution in [0.15, 0.2) is 35.4 Å². The van der Waals surface area contributed by atoms with Crippen LogP contribution in [-0.4, -0.2) is 29.2 Å². The van der Waals surface area contributed by atoms with E-state index >= 15 is 0 Å². The molecule has 2 heterocycles. The highest BCUT2D eigenvalue weighted by atomic mass is 32.2. The van der Waals surface area contributed by atoms with Crippen LogP contribution in [0.1, 0.15) is 39.7 Å². The molecule has 5 nitrogen and oxygen atoms in total. The summed E-state index contributed by atoms with van der Waals surface area (Å²) in [5.74, 6) is -0.259. The van der Waals surface area contributed by atoms with Crippen LogP contribution in [0.5, 0.6) is 0 Å². The number of pyridine rings is 1. The Morgan fingerprint density at radius 1 is 1.28 bits per heavy atom. The summed E-state index contributed by atoms with van der Waals surface area (Å²) in [6, 6.07) is 9.99. The first kappa shape index (κ1) is 19.9. The lowest BCUT2D eigenvalue weighted by atomic mass is 10.1. The predicted octanol–water partition coefficient (Wildman–Crippen LogP) is 5.00. The van der Waals surface area contributed by atoms with Crippen LogP contribution in [0.4, 0.5) is 5.00 Å². The molecule has 0 atom stereocenters. The summed E-state index contributed by atoms with van der Waals surface area (Å²) < 4.78 is 5.22. The van der Waals surface area contributed by atoms with E-state index in [1.165, 1.54) is 28.0 Å². The highest BCUT2D eigenvalue weighted by Crippen LogP contribution is 2.39. The van der Waals surface area contributed by atoms with E-state index < -0.39 is 0 Å². The van der Waals surface area contributed by atoms with Crippen molar-refractivity contribution in [3.05, 3.63) is 51.9 Å². The number of benzene rings is 1. The van der Waals surface area contributed by atoms with Crippen molar-refractivity contribution in [2.75, 3.05) is 17.7 Å². The van der Waals surface area contributed by atoms with Gasteiger partial charge in [-0.15, -0.1) is 11.3 Å². The Kier molecular flexibility index (Phi) is 5.87. The number of thiophene rings is 1. The van der Waals surface area contributed by atoms with Crippen LogP contribution in [-0.2, 0) is 22.4 Å². The van der Waals surface area contributed by atoms with Gasteiger partial charge in [-0.1, -0.05) is 30.0 Å². The molecule has 29 heavy (non-hydrogen) atoms. The summed E-state index contributed by atoms with van der Waals surface area (Å²) in [6.07, 6.45) is 2.87. The number of ether oxygens (including phenoxy) is 1. The summed E-state index contributed by atoms with van der Waals surface area (Å²) in [4.78, 5) is 30.8. The number of amides is 1. The number of para-hydroxylation sites is 1. The second kappa shape index (κ2) is 8.55. The van der Waals surface area contributed by atoms with Gasteiger partial charge in [-0.25, -0.2) is 9.78 Å². The van der Waals surface area contributed by atoms with Crippen molar-refractivity contribution < 1.29 is 14.3 Å². The average molecular weight is 427 g/mol. The topological polar surface area (TPSA) is 68.3 Å². The molecule has 2 aromatic heterocycles. The number of esters is 1. The molecular weight excluding hydrogens is 404 g/mol. The Hall–Kier alpha value is -2.38. The number of anilines is 1. The zero-order chi connectivity index (χ0) is 20.4. The Balaban J connectivity index is 1.47. The number of nitrogens with zero attached hydrogens (tertiary/aromatic N) is 1. The standard InChI is InChI=1S/C22H22N2O3S2/c1-3-27-22(26)20-15-8-6-10-17(15)29-21(20)24-18(25)12-28-19-11-13(2)14-7-4-5-9-16(14)23-19/h4-5,7,9,11H,3,6,8,10,12H2,1-2H3,(H,24,25). The van der Waals surface area contributed by atoms with Crippen LogP contribution in [0.2, 0.25) is 0 Å². The molecule has 150 valence electrons. The fourth-order valence-electron chi connectivity index (χ4n) is 3.61. The Morgan fingerprint density at radius 3 is 2.93 bits per heavy atom. The summed E-state index contributed by atoms with van der Waals surface area (Å²) in [6.45, 7) is 4.16. The summed E-state index contributed by atoms with van der Waals surface area (Å²) in [5, 5.41) is 5.48. The Labute approximate surface area is 177 Å². The third-order valence-electron chi connectivity index (χ3n) is 4.90. The molecule has 4 rings (SSSR count). The quantitative estimate of drug-likeness (QED) is 0.444. The normalized spacial score (nSPS) is 12.8. The number of hydrogen-bond donors (Lipinski definition) is 1. The fraction of sp³-hybridized carbons (Fsp3) is 0.318. The minimum atomic E-state index is -0.346. The molecule has 0 saturated heterocycles. The van der Waals surface area contributed by atoms with Crippen molar-refractivity contribution in [1.82, 2.24) is 4.98 Å². The van der Waals surface area contributed by atoms with Crippen LogP contribution < -0.4 is 5.32 Å². The third-order valence-corrected chi connectivity index (χ3v) is 7.02. The minimum absolute atomic E-state index is 0.145. The first-order valence-electron chi connectivity index (χ1n) is 9.67. The van der Waals surface area contributed by atoms with Crippen molar-refractivity contribution in [3.8, 4) is 0 Å². The molecule has 7 heteroatoms. The van der Waals surface area contributed by atoms with E-state index in [-0.39, 0.29) is 17.6 Å². The first-order valence-corrected chi connectivity index (χ1v) is 11.5. The maximum Gasteiger partial charge on any atom is 0.341 e. The van der Waals surface area contributed by atoms with Crippen LogP contribution >= 0.6 is 23.1 Å². The van der Waals surface area contributed by atoms with Gasteiger partial charge in [0.25, 0.3) is 0 Å². The molecule has 0 unspecified atom stereocenters. The predicted molar refractivity (Wildman–Crippen MR) is 118 cm³/mol. The maximum atomic E-state index is 12.6. The number of rotatable bonds is 6. The number of carbonyl (C=O) groups excluding carboxylic acids is 2. The maximum absolute atomic E-state index is 12.6. The van der Waals surface area contributed by atoms with E-state index in [2.05, 4.69) is 10.3 Å². The zero-order valence-corrected chi connectivity index (χ0v) is 18.0. The van der Waals surface area contributed by atoms with E-state index in [1.54, 1.807) is 6.92 Å². The summed E-state index contributed by atoms with van der Waals surface area (Å²) >= 11 is 2.90. The lowest BCUT2D eigenvalue weighted by molar-refractivity contribution is -0.113. The van der Waals surface area contributed by atoms with Crippen LogP contribution in [0, 0.1) is 6.92 Å². The van der Waals surface area contributed by atoms with Gasteiger partial charge in [0.1, 0.15) is 5.00 Å². The highest BCUT2D eigenvalue weighted by Gasteiger charge is 2.28. The molecule has 3 aromatic rings. The fourth-order valence-corrected chi connectivity index (χ4v) is 5.67. The molecule has 0 bridgehead atoms. The van der Waals surface area contributed by atoms with Gasteiger partial charge in [0.2, 0.25) is 5.91 Å². The molecule has 0 saturated carbocycles. The van der Waals surface area contributed by atoms with Gasteiger partial charge in [0.15, 0.2) is 0 Å². The van der Waals surface area contributed by atoms with Gasteiger partial charge in [-0.3, -0.25) is 4.79 Å². The molecule has 0 fully saturated rings. The Morgan fingerprint density at radius 2 is 2.10 bits per heavy atom. The van der Waals surface area contributed by atoms with Crippen molar-refractivity contribution in [2.24, 2.45) is 0 Å². The lowest BCUT2D eigenvalue weighted by Gasteiger charge is -2.09. The van der Waals surface area contributed by atoms with E-state index in [4.69, 9.17) is 4.74 Å². The van der Waals surface area contributed by atoms with E-state index in [9.17, 15) is 9.59 Å². The summed E-state index contributed by atoms with van der Waals surface area (Å²) in [7, 11) is 0. The van der Waals surface area contributed by atoms with E-state index in [1.807, 2.05) is 37.3 Å². The Bertz CT molecular complexity index is 1090. The van der Waals surface area contributed by atoms with Crippen molar-refractivity contribution in [2.45, 2.75) is 38.1 Å². The SMILES string of the molecule is CCOC(=O)c1c(NC(=O)CSc2cc(C)c3ccccc3n2)sc2c1CCC2. The first-order chi connectivity index (χ1) is 14.1. The summed E-state index contributed by atoms with van der Waals surface area (Å²) in [5.41, 5.74) is 3.65. The average Bonchev–Trinajstić information content (AvgIpc) is 3.27. The molecule has 0 spiro atoms. The van der Waals surface area contributed by atoms with Crippen molar-refractivity contribution in [1.29, 1.82) is 0 Å². The van der Waals surface area contributed by atoms with Crippen LogP contribution in [0.3, 0.4) is 0 Å². The molecule has 0 radical (unpaired) electrons. The van der Waals surface area contributed by atoms with Gasteiger partial charge in [-0.2, -0.15) is 0 Å². The smallest absolute Gasteiger partial charge is 0.341 e. The molecular formula is C22H22N2O3S2. The number of nitrogens with one attached hydrogen (secondary N) is 1. The monoisotopic (exact) mass is 426 g/mol. The molecule has 1 aliphatic carbocycles. The second-order valence-corrected chi connectivity index (χ2v) is 9.01. The zero-order valence-electron chi connectivity index (χ0n) is 16.4. The third kappa shape index (κ3) is 4.16. The van der Waals surface area contributed by atoms with E-state index in [0.717, 1.165) is 46.3 Å². The van der Waals surface area contributed by atoms with Gasteiger partial charge >= 0.3 is 5.97 Å². The second-order valence-electron chi connectivity index (χ2n) is 6.91. The van der Waals surface area contributed by atoms with Gasteiger partial charge in [-0.05, 0) is 56.4 Å². The molecule has 1 N–H and O–H groups in total. The van der Waals surface area contributed by atoms with Gasteiger partial charge < -0.3 is 10.1 Å².